The van der Waals surface area contributed by atoms with Crippen LogP contribution in [0.25, 0.3) is 0 Å². The molecule has 18 heavy (non-hydrogen) atoms. The molecule has 0 spiro atoms. The molecule has 1 aromatic rings. The quantitative estimate of drug-likeness (QED) is 0.833. The number of rotatable bonds is 5. The van der Waals surface area contributed by atoms with Crippen molar-refractivity contribution < 1.29 is 4.74 Å². The van der Waals surface area contributed by atoms with Crippen LogP contribution in [0, 0.1) is 0 Å². The Balaban J connectivity index is 2.03. The maximum absolute atomic E-state index is 5.18. The van der Waals surface area contributed by atoms with Crippen molar-refractivity contribution in [1.29, 1.82) is 0 Å². The van der Waals surface area contributed by atoms with Gasteiger partial charge in [0.2, 0.25) is 0 Å². The first-order valence-electron chi connectivity index (χ1n) is 6.33. The van der Waals surface area contributed by atoms with E-state index in [1.807, 2.05) is 12.1 Å². The van der Waals surface area contributed by atoms with Crippen molar-refractivity contribution in [1.82, 2.24) is 10.6 Å². The molecule has 0 amide bonds. The Morgan fingerprint density at radius 3 is 2.50 bits per heavy atom. The molecule has 0 saturated carbocycles. The minimum absolute atomic E-state index is 0.328. The fraction of sp³-hybridized carbons (Fsp3) is 0.429. The van der Waals surface area contributed by atoms with Crippen molar-refractivity contribution in [2.24, 2.45) is 0 Å². The van der Waals surface area contributed by atoms with Gasteiger partial charge in [0, 0.05) is 24.1 Å². The van der Waals surface area contributed by atoms with Gasteiger partial charge in [-0.25, -0.2) is 0 Å². The number of hydrogen-bond acceptors (Lipinski definition) is 4. The molecule has 0 radical (unpaired) electrons. The highest BCUT2D eigenvalue weighted by molar-refractivity contribution is 5.50. The first-order chi connectivity index (χ1) is 8.72. The van der Waals surface area contributed by atoms with Crippen LogP contribution in [0.5, 0.6) is 5.75 Å². The van der Waals surface area contributed by atoms with Gasteiger partial charge >= 0.3 is 0 Å². The number of nitrogens with zero attached hydrogens (tertiary/aromatic N) is 1. The second-order valence-corrected chi connectivity index (χ2v) is 4.41. The van der Waals surface area contributed by atoms with Crippen molar-refractivity contribution in [2.75, 3.05) is 25.1 Å². The molecule has 2 rings (SSSR count). The van der Waals surface area contributed by atoms with E-state index in [9.17, 15) is 0 Å². The predicted molar refractivity (Wildman–Crippen MR) is 74.7 cm³/mol. The summed E-state index contributed by atoms with van der Waals surface area (Å²) in [4.78, 5) is 2.32. The third-order valence-electron chi connectivity index (χ3n) is 3.09. The largest absolute Gasteiger partial charge is 0.497 e. The zero-order chi connectivity index (χ0) is 13.0. The Bertz CT molecular complexity index is 414. The van der Waals surface area contributed by atoms with Crippen molar-refractivity contribution in [3.63, 3.8) is 0 Å². The Morgan fingerprint density at radius 1 is 1.28 bits per heavy atom. The number of benzene rings is 1. The van der Waals surface area contributed by atoms with E-state index in [4.69, 9.17) is 4.74 Å². The third kappa shape index (κ3) is 2.88. The molecule has 1 aliphatic heterocycles. The lowest BCUT2D eigenvalue weighted by Crippen LogP contribution is -2.33. The maximum atomic E-state index is 5.18. The number of methoxy groups -OCH3 is 1. The first-order valence-corrected chi connectivity index (χ1v) is 6.33. The number of ether oxygens (including phenoxy) is 1. The van der Waals surface area contributed by atoms with E-state index >= 15 is 0 Å². The number of anilines is 1. The highest BCUT2D eigenvalue weighted by Gasteiger charge is 2.13. The summed E-state index contributed by atoms with van der Waals surface area (Å²) in [6.45, 7) is 6.13. The van der Waals surface area contributed by atoms with Gasteiger partial charge in [-0.3, -0.25) is 0 Å². The summed E-state index contributed by atoms with van der Waals surface area (Å²) in [5.41, 5.74) is 2.43. The van der Waals surface area contributed by atoms with Crippen LogP contribution in [0.2, 0.25) is 0 Å². The summed E-state index contributed by atoms with van der Waals surface area (Å²) in [5, 5.41) is 6.64. The fourth-order valence-electron chi connectivity index (χ4n) is 2.06. The Labute approximate surface area is 109 Å². The van der Waals surface area contributed by atoms with Crippen LogP contribution in [-0.2, 0) is 0 Å². The van der Waals surface area contributed by atoms with E-state index in [-0.39, 0.29) is 0 Å². The van der Waals surface area contributed by atoms with E-state index in [0.29, 0.717) is 6.17 Å². The third-order valence-corrected chi connectivity index (χ3v) is 3.09. The van der Waals surface area contributed by atoms with Gasteiger partial charge in [0.25, 0.3) is 0 Å². The molecule has 0 bridgehead atoms. The average Bonchev–Trinajstić information content (AvgIpc) is 2.82. The first kappa shape index (κ1) is 12.6. The summed E-state index contributed by atoms with van der Waals surface area (Å²) in [7, 11) is 1.69. The highest BCUT2D eigenvalue weighted by Crippen LogP contribution is 2.20. The molecule has 4 nitrogen and oxygen atoms in total. The average molecular weight is 247 g/mol. The lowest BCUT2D eigenvalue weighted by atomic mass is 10.2. The molecular weight excluding hydrogens is 226 g/mol. The zero-order valence-electron chi connectivity index (χ0n) is 11.2. The summed E-state index contributed by atoms with van der Waals surface area (Å²) in [5.74, 6) is 0.892. The number of likely N-dealkylation sites (N-methyl/N-ethyl adjacent to an activating group) is 1. The van der Waals surface area contributed by atoms with Gasteiger partial charge in [0.15, 0.2) is 0 Å². The van der Waals surface area contributed by atoms with Crippen LogP contribution in [0.15, 0.2) is 36.2 Å². The molecule has 4 heteroatoms. The monoisotopic (exact) mass is 247 g/mol. The topological polar surface area (TPSA) is 36.5 Å². The minimum Gasteiger partial charge on any atom is -0.497 e. The second-order valence-electron chi connectivity index (χ2n) is 4.41. The molecule has 1 heterocycles. The van der Waals surface area contributed by atoms with Crippen molar-refractivity contribution in [3.05, 3.63) is 36.2 Å². The van der Waals surface area contributed by atoms with Crippen LogP contribution in [0.1, 0.15) is 13.8 Å². The fourth-order valence-corrected chi connectivity index (χ4v) is 2.06. The van der Waals surface area contributed by atoms with Gasteiger partial charge in [0.1, 0.15) is 5.75 Å². The van der Waals surface area contributed by atoms with Gasteiger partial charge in [0.05, 0.1) is 19.8 Å². The van der Waals surface area contributed by atoms with Crippen molar-refractivity contribution >= 4 is 5.69 Å². The van der Waals surface area contributed by atoms with Crippen LogP contribution in [0.3, 0.4) is 0 Å². The van der Waals surface area contributed by atoms with E-state index in [0.717, 1.165) is 18.8 Å². The lowest BCUT2D eigenvalue weighted by molar-refractivity contribution is 0.415. The van der Waals surface area contributed by atoms with Crippen LogP contribution in [-0.4, -0.2) is 26.4 Å². The molecular formula is C14H21N3O. The van der Waals surface area contributed by atoms with Gasteiger partial charge in [-0.15, -0.1) is 0 Å². The molecule has 0 saturated heterocycles. The number of nitrogens with one attached hydrogen (secondary N) is 2. The predicted octanol–water partition coefficient (Wildman–Crippen LogP) is 1.90. The smallest absolute Gasteiger partial charge is 0.119 e. The van der Waals surface area contributed by atoms with Gasteiger partial charge in [-0.2, -0.15) is 0 Å². The molecule has 0 aromatic heterocycles. The van der Waals surface area contributed by atoms with Crippen molar-refractivity contribution in [3.8, 4) is 5.75 Å². The Hall–Kier alpha value is -1.84. The summed E-state index contributed by atoms with van der Waals surface area (Å²) in [6.07, 6.45) is 2.38. The Morgan fingerprint density at radius 2 is 2.00 bits per heavy atom. The van der Waals surface area contributed by atoms with Crippen molar-refractivity contribution in [2.45, 2.75) is 20.0 Å². The molecule has 1 aromatic carbocycles. The molecule has 1 aliphatic rings. The molecule has 1 atom stereocenters. The van der Waals surface area contributed by atoms with E-state index in [2.05, 4.69) is 47.7 Å². The van der Waals surface area contributed by atoms with E-state index in [1.165, 1.54) is 11.4 Å². The molecule has 0 unspecified atom stereocenters. The number of hydrogen-bond donors (Lipinski definition) is 2. The lowest BCUT2D eigenvalue weighted by Gasteiger charge is -2.24. The Kier molecular flexibility index (Phi) is 3.97. The summed E-state index contributed by atoms with van der Waals surface area (Å²) in [6, 6.07) is 8.17. The molecule has 0 fully saturated rings. The van der Waals surface area contributed by atoms with Crippen LogP contribution >= 0.6 is 0 Å². The van der Waals surface area contributed by atoms with Crippen LogP contribution in [0.4, 0.5) is 5.69 Å². The minimum atomic E-state index is 0.328. The highest BCUT2D eigenvalue weighted by atomic mass is 16.5. The summed E-state index contributed by atoms with van der Waals surface area (Å²) >= 11 is 0. The molecule has 0 aliphatic carbocycles. The van der Waals surface area contributed by atoms with Gasteiger partial charge in [-0.1, -0.05) is 0 Å². The van der Waals surface area contributed by atoms with E-state index in [1.54, 1.807) is 7.11 Å². The normalized spacial score (nSPS) is 17.7. The van der Waals surface area contributed by atoms with E-state index < -0.39 is 0 Å². The molecule has 2 N–H and O–H groups in total. The second kappa shape index (κ2) is 5.67. The maximum Gasteiger partial charge on any atom is 0.119 e. The molecule has 98 valence electrons. The SMILES string of the molecule is CCN(CC1=CN[C@@H](C)N1)c1ccc(OC)cc1. The van der Waals surface area contributed by atoms with Gasteiger partial charge in [-0.05, 0) is 38.1 Å². The zero-order valence-corrected chi connectivity index (χ0v) is 11.2. The summed E-state index contributed by atoms with van der Waals surface area (Å²) < 4.78 is 5.18. The van der Waals surface area contributed by atoms with Crippen LogP contribution < -0.4 is 20.3 Å². The standard InChI is InChI=1S/C14H21N3O/c1-4-17(10-12-9-15-11(2)16-12)13-5-7-14(18-3)8-6-13/h5-9,11,15-16H,4,10H2,1-3H3/t11-/m1/s1. The van der Waals surface area contributed by atoms with Gasteiger partial charge < -0.3 is 20.3 Å².